The number of hydrogen-bond donors (Lipinski definition) is 1. The van der Waals surface area contributed by atoms with Gasteiger partial charge in [-0.15, -0.1) is 0 Å². The lowest BCUT2D eigenvalue weighted by molar-refractivity contribution is 1.12. The second kappa shape index (κ2) is 3.16. The van der Waals surface area contributed by atoms with Gasteiger partial charge in [-0.25, -0.2) is 0 Å². The van der Waals surface area contributed by atoms with E-state index >= 15 is 0 Å². The summed E-state index contributed by atoms with van der Waals surface area (Å²) < 4.78 is 1.97. The van der Waals surface area contributed by atoms with Gasteiger partial charge in [0.05, 0.1) is 16.7 Å². The average molecular weight is 357 g/mol. The topological polar surface area (TPSA) is 28.7 Å². The molecule has 62 valence electrons. The van der Waals surface area contributed by atoms with Gasteiger partial charge in [0.25, 0.3) is 0 Å². The molecule has 0 saturated carbocycles. The molecule has 0 aliphatic heterocycles. The average Bonchev–Trinajstić information content (AvgIpc) is 2.48. The highest BCUT2D eigenvalue weighted by Crippen LogP contribution is 2.32. The first kappa shape index (κ1) is 8.77. The van der Waals surface area contributed by atoms with Crippen molar-refractivity contribution in [3.8, 4) is 0 Å². The Bertz CT molecular complexity index is 440. The maximum atomic E-state index is 5.96. The molecule has 0 atom stereocenters. The van der Waals surface area contributed by atoms with Gasteiger partial charge in [0.1, 0.15) is 0 Å². The molecular formula is C7H3BrClIN2. The summed E-state index contributed by atoms with van der Waals surface area (Å²) in [5.41, 5.74) is 1.02. The molecule has 0 aliphatic rings. The number of nitrogens with zero attached hydrogens (tertiary/aromatic N) is 1. The molecule has 0 spiro atoms. The van der Waals surface area contributed by atoms with E-state index in [1.807, 2.05) is 6.07 Å². The van der Waals surface area contributed by atoms with Crippen molar-refractivity contribution in [1.82, 2.24) is 10.2 Å². The molecule has 1 aromatic carbocycles. The summed E-state index contributed by atoms with van der Waals surface area (Å²) >= 11 is 11.6. The fraction of sp³-hybridized carbons (Fsp3) is 0. The van der Waals surface area contributed by atoms with Crippen molar-refractivity contribution in [3.05, 3.63) is 25.3 Å². The Labute approximate surface area is 95.9 Å². The smallest absolute Gasteiger partial charge is 0.0796 e. The van der Waals surface area contributed by atoms with Crippen molar-refractivity contribution in [1.29, 1.82) is 0 Å². The first-order valence-electron chi connectivity index (χ1n) is 3.16. The number of halogens is 3. The predicted molar refractivity (Wildman–Crippen MR) is 61.5 cm³/mol. The largest absolute Gasteiger partial charge is 0.277 e. The molecule has 0 saturated heterocycles. The van der Waals surface area contributed by atoms with Crippen LogP contribution < -0.4 is 0 Å². The van der Waals surface area contributed by atoms with Crippen LogP contribution in [0.15, 0.2) is 16.7 Å². The maximum absolute atomic E-state index is 5.96. The Morgan fingerprint density at radius 2 is 2.33 bits per heavy atom. The third-order valence-corrected chi connectivity index (χ3v) is 3.81. The van der Waals surface area contributed by atoms with Gasteiger partial charge in [-0.3, -0.25) is 5.10 Å². The molecule has 5 heteroatoms. The molecule has 0 unspecified atom stereocenters. The maximum Gasteiger partial charge on any atom is 0.0796 e. The fourth-order valence-electron chi connectivity index (χ4n) is 1.01. The molecule has 0 amide bonds. The van der Waals surface area contributed by atoms with Gasteiger partial charge in [0.15, 0.2) is 0 Å². The van der Waals surface area contributed by atoms with E-state index in [0.29, 0.717) is 5.02 Å². The van der Waals surface area contributed by atoms with Crippen LogP contribution in [-0.4, -0.2) is 10.2 Å². The van der Waals surface area contributed by atoms with Crippen molar-refractivity contribution >= 4 is 61.0 Å². The standard InChI is InChI=1S/C7H3BrClIN2/c8-6-3-2-11-12-7(3)5(10)1-4(6)9/h1-2H,(H,11,12). The number of rotatable bonds is 0. The predicted octanol–water partition coefficient (Wildman–Crippen LogP) is 3.58. The molecule has 2 aromatic rings. The molecule has 0 aliphatic carbocycles. The normalized spacial score (nSPS) is 10.9. The quantitative estimate of drug-likeness (QED) is 0.567. The Hall–Kier alpha value is 0.190. The third-order valence-electron chi connectivity index (χ3n) is 1.58. The van der Waals surface area contributed by atoms with Crippen LogP contribution in [0.3, 0.4) is 0 Å². The minimum Gasteiger partial charge on any atom is -0.277 e. The van der Waals surface area contributed by atoms with Gasteiger partial charge in [-0.2, -0.15) is 5.10 Å². The highest BCUT2D eigenvalue weighted by atomic mass is 127. The van der Waals surface area contributed by atoms with Gasteiger partial charge in [-0.05, 0) is 44.6 Å². The zero-order valence-corrected chi connectivity index (χ0v) is 10.2. The SMILES string of the molecule is Clc1cc(I)c2[nH]ncc2c1Br. The fourth-order valence-corrected chi connectivity index (χ4v) is 2.54. The van der Waals surface area contributed by atoms with Gasteiger partial charge in [0.2, 0.25) is 0 Å². The number of H-pyrrole nitrogens is 1. The van der Waals surface area contributed by atoms with E-state index < -0.39 is 0 Å². The minimum absolute atomic E-state index is 0.716. The summed E-state index contributed by atoms with van der Waals surface area (Å²) in [6.45, 7) is 0. The van der Waals surface area contributed by atoms with Crippen molar-refractivity contribution in [2.75, 3.05) is 0 Å². The molecule has 0 bridgehead atoms. The number of aromatic nitrogens is 2. The van der Waals surface area contributed by atoms with E-state index in [-0.39, 0.29) is 0 Å². The molecule has 12 heavy (non-hydrogen) atoms. The van der Waals surface area contributed by atoms with Crippen molar-refractivity contribution < 1.29 is 0 Å². The number of fused-ring (bicyclic) bond motifs is 1. The molecule has 0 radical (unpaired) electrons. The Morgan fingerprint density at radius 3 is 3.08 bits per heavy atom. The van der Waals surface area contributed by atoms with Crippen LogP contribution >= 0.6 is 50.1 Å². The lowest BCUT2D eigenvalue weighted by atomic mass is 10.3. The monoisotopic (exact) mass is 356 g/mol. The molecule has 2 rings (SSSR count). The Morgan fingerprint density at radius 1 is 1.58 bits per heavy atom. The second-order valence-electron chi connectivity index (χ2n) is 2.31. The van der Waals surface area contributed by atoms with Gasteiger partial charge >= 0.3 is 0 Å². The number of nitrogens with one attached hydrogen (secondary N) is 1. The highest BCUT2D eigenvalue weighted by molar-refractivity contribution is 14.1. The third kappa shape index (κ3) is 1.25. The van der Waals surface area contributed by atoms with E-state index in [2.05, 4.69) is 48.7 Å². The van der Waals surface area contributed by atoms with Gasteiger partial charge < -0.3 is 0 Å². The summed E-state index contributed by atoms with van der Waals surface area (Å²) in [5.74, 6) is 0. The van der Waals surface area contributed by atoms with Crippen molar-refractivity contribution in [3.63, 3.8) is 0 Å². The van der Waals surface area contributed by atoms with E-state index in [1.165, 1.54) is 0 Å². The first-order chi connectivity index (χ1) is 5.70. The van der Waals surface area contributed by atoms with Gasteiger partial charge in [0, 0.05) is 13.4 Å². The summed E-state index contributed by atoms with van der Waals surface area (Å²) in [6.07, 6.45) is 1.76. The van der Waals surface area contributed by atoms with Crippen molar-refractivity contribution in [2.45, 2.75) is 0 Å². The molecule has 1 aromatic heterocycles. The van der Waals surface area contributed by atoms with Crippen LogP contribution in [0.25, 0.3) is 10.9 Å². The lowest BCUT2D eigenvalue weighted by Gasteiger charge is -1.98. The van der Waals surface area contributed by atoms with E-state index in [9.17, 15) is 0 Å². The van der Waals surface area contributed by atoms with Crippen LogP contribution in [0.4, 0.5) is 0 Å². The lowest BCUT2D eigenvalue weighted by Crippen LogP contribution is -1.78. The van der Waals surface area contributed by atoms with Crippen LogP contribution in [0, 0.1) is 3.57 Å². The number of hydrogen-bond acceptors (Lipinski definition) is 1. The molecular weight excluding hydrogens is 354 g/mol. The van der Waals surface area contributed by atoms with E-state index in [1.54, 1.807) is 6.20 Å². The minimum atomic E-state index is 0.716. The van der Waals surface area contributed by atoms with Gasteiger partial charge in [-0.1, -0.05) is 11.6 Å². The number of aromatic amines is 1. The summed E-state index contributed by atoms with van der Waals surface area (Å²) in [7, 11) is 0. The second-order valence-corrected chi connectivity index (χ2v) is 4.68. The molecule has 1 heterocycles. The zero-order chi connectivity index (χ0) is 8.72. The molecule has 1 N–H and O–H groups in total. The van der Waals surface area contributed by atoms with E-state index in [0.717, 1.165) is 18.9 Å². The van der Waals surface area contributed by atoms with Crippen LogP contribution in [-0.2, 0) is 0 Å². The summed E-state index contributed by atoms with van der Waals surface area (Å²) in [6, 6.07) is 1.90. The molecule has 0 fully saturated rings. The number of benzene rings is 1. The van der Waals surface area contributed by atoms with Crippen LogP contribution in [0.2, 0.25) is 5.02 Å². The Balaban J connectivity index is 2.97. The highest BCUT2D eigenvalue weighted by Gasteiger charge is 2.08. The zero-order valence-electron chi connectivity index (χ0n) is 5.74. The Kier molecular flexibility index (Phi) is 2.31. The summed E-state index contributed by atoms with van der Waals surface area (Å²) in [4.78, 5) is 0. The van der Waals surface area contributed by atoms with E-state index in [4.69, 9.17) is 11.6 Å². The summed E-state index contributed by atoms with van der Waals surface area (Å²) in [5, 5.41) is 8.59. The molecule has 2 nitrogen and oxygen atoms in total. The first-order valence-corrected chi connectivity index (χ1v) is 5.41. The van der Waals surface area contributed by atoms with Crippen LogP contribution in [0.1, 0.15) is 0 Å². The van der Waals surface area contributed by atoms with Crippen LogP contribution in [0.5, 0.6) is 0 Å². The van der Waals surface area contributed by atoms with Crippen molar-refractivity contribution in [2.24, 2.45) is 0 Å².